The van der Waals surface area contributed by atoms with Crippen molar-refractivity contribution in [3.63, 3.8) is 0 Å². The lowest BCUT2D eigenvalue weighted by Crippen LogP contribution is -2.08. The van der Waals surface area contributed by atoms with E-state index in [-0.39, 0.29) is 24.0 Å². The van der Waals surface area contributed by atoms with Crippen LogP contribution in [0.3, 0.4) is 0 Å². The summed E-state index contributed by atoms with van der Waals surface area (Å²) in [6, 6.07) is 0. The molecule has 0 aromatic rings. The monoisotopic (exact) mass is 280 g/mol. The predicted molar refractivity (Wildman–Crippen MR) is 66.0 cm³/mol. The molecule has 1 heteroatoms. The Labute approximate surface area is 93.8 Å². The molecule has 1 saturated carbocycles. The molecule has 72 valence electrons. The van der Waals surface area contributed by atoms with E-state index in [0.29, 0.717) is 0 Å². The maximum Gasteiger partial charge on any atom is -0.0203 e. The SMILES string of the molecule is C/C=C(\CC)C1CCCCC1.I. The van der Waals surface area contributed by atoms with Crippen molar-refractivity contribution in [2.75, 3.05) is 0 Å². The van der Waals surface area contributed by atoms with Crippen molar-refractivity contribution in [3.8, 4) is 0 Å². The van der Waals surface area contributed by atoms with Crippen LogP contribution in [0.15, 0.2) is 11.6 Å². The van der Waals surface area contributed by atoms with Gasteiger partial charge in [-0.15, -0.1) is 24.0 Å². The van der Waals surface area contributed by atoms with Crippen molar-refractivity contribution in [1.29, 1.82) is 0 Å². The fourth-order valence-electron chi connectivity index (χ4n) is 2.20. The molecule has 1 aliphatic rings. The number of hydrogen-bond donors (Lipinski definition) is 0. The molecule has 12 heavy (non-hydrogen) atoms. The summed E-state index contributed by atoms with van der Waals surface area (Å²) >= 11 is 0. The molecule has 0 N–H and O–H groups in total. The highest BCUT2D eigenvalue weighted by molar-refractivity contribution is 14.0. The van der Waals surface area contributed by atoms with Gasteiger partial charge < -0.3 is 0 Å². The van der Waals surface area contributed by atoms with Gasteiger partial charge in [0, 0.05) is 0 Å². The zero-order valence-corrected chi connectivity index (χ0v) is 10.6. The van der Waals surface area contributed by atoms with Crippen LogP contribution in [0.4, 0.5) is 0 Å². The van der Waals surface area contributed by atoms with E-state index < -0.39 is 0 Å². The highest BCUT2D eigenvalue weighted by Gasteiger charge is 2.15. The van der Waals surface area contributed by atoms with Crippen molar-refractivity contribution in [2.24, 2.45) is 5.92 Å². The molecule has 0 bridgehead atoms. The summed E-state index contributed by atoms with van der Waals surface area (Å²) < 4.78 is 0. The van der Waals surface area contributed by atoms with Crippen LogP contribution in [-0.2, 0) is 0 Å². The second kappa shape index (κ2) is 6.93. The molecule has 0 atom stereocenters. The summed E-state index contributed by atoms with van der Waals surface area (Å²) in [5, 5.41) is 0. The van der Waals surface area contributed by atoms with Crippen molar-refractivity contribution in [3.05, 3.63) is 11.6 Å². The van der Waals surface area contributed by atoms with E-state index in [0.717, 1.165) is 5.92 Å². The van der Waals surface area contributed by atoms with Crippen LogP contribution in [0.2, 0.25) is 0 Å². The van der Waals surface area contributed by atoms with E-state index >= 15 is 0 Å². The Hall–Kier alpha value is 0.470. The van der Waals surface area contributed by atoms with Gasteiger partial charge in [-0.3, -0.25) is 0 Å². The summed E-state index contributed by atoms with van der Waals surface area (Å²) in [5.41, 5.74) is 1.70. The smallest absolute Gasteiger partial charge is 0.0203 e. The first-order valence-corrected chi connectivity index (χ1v) is 5.03. The van der Waals surface area contributed by atoms with E-state index in [2.05, 4.69) is 19.9 Å². The molecular formula is C11H21I. The molecule has 1 aliphatic carbocycles. The van der Waals surface area contributed by atoms with Crippen LogP contribution in [0.1, 0.15) is 52.4 Å². The van der Waals surface area contributed by atoms with Gasteiger partial charge in [-0.25, -0.2) is 0 Å². The minimum Gasteiger partial charge on any atom is -0.107 e. The van der Waals surface area contributed by atoms with Crippen LogP contribution >= 0.6 is 24.0 Å². The van der Waals surface area contributed by atoms with Crippen LogP contribution in [0.25, 0.3) is 0 Å². The Balaban J connectivity index is 0.00000121. The average molecular weight is 280 g/mol. The number of hydrogen-bond acceptors (Lipinski definition) is 0. The molecule has 0 aliphatic heterocycles. The summed E-state index contributed by atoms with van der Waals surface area (Å²) in [6.45, 7) is 4.47. The molecular weight excluding hydrogens is 259 g/mol. The molecule has 0 amide bonds. The molecule has 0 radical (unpaired) electrons. The normalized spacial score (nSPS) is 20.3. The third-order valence-electron chi connectivity index (χ3n) is 2.91. The number of allylic oxidation sites excluding steroid dienone is 2. The van der Waals surface area contributed by atoms with Crippen LogP contribution in [-0.4, -0.2) is 0 Å². The van der Waals surface area contributed by atoms with Gasteiger partial charge in [-0.2, -0.15) is 0 Å². The summed E-state index contributed by atoms with van der Waals surface area (Å²) in [4.78, 5) is 0. The van der Waals surface area contributed by atoms with Crippen molar-refractivity contribution >= 4 is 24.0 Å². The quantitative estimate of drug-likeness (QED) is 0.514. The maximum atomic E-state index is 2.33. The number of rotatable bonds is 2. The Morgan fingerprint density at radius 1 is 1.25 bits per heavy atom. The topological polar surface area (TPSA) is 0 Å². The van der Waals surface area contributed by atoms with Gasteiger partial charge in [0.05, 0.1) is 0 Å². The Bertz CT molecular complexity index is 132. The molecule has 0 heterocycles. The standard InChI is InChI=1S/C11H20.HI/c1-3-10(4-2)11-8-6-5-7-9-11;/h3,11H,4-9H2,1-2H3;1H/b10-3+;. The molecule has 1 fully saturated rings. The molecule has 0 spiro atoms. The van der Waals surface area contributed by atoms with Crippen LogP contribution in [0.5, 0.6) is 0 Å². The second-order valence-electron chi connectivity index (χ2n) is 3.55. The minimum absolute atomic E-state index is 0. The van der Waals surface area contributed by atoms with Crippen molar-refractivity contribution in [2.45, 2.75) is 52.4 Å². The summed E-state index contributed by atoms with van der Waals surface area (Å²) in [5.74, 6) is 0.943. The van der Waals surface area contributed by atoms with E-state index in [9.17, 15) is 0 Å². The van der Waals surface area contributed by atoms with Gasteiger partial charge in [-0.1, -0.05) is 37.8 Å². The first-order valence-electron chi connectivity index (χ1n) is 5.03. The van der Waals surface area contributed by atoms with E-state index in [1.807, 2.05) is 0 Å². The highest BCUT2D eigenvalue weighted by atomic mass is 127. The van der Waals surface area contributed by atoms with Gasteiger partial charge >= 0.3 is 0 Å². The Morgan fingerprint density at radius 2 is 1.83 bits per heavy atom. The maximum absolute atomic E-state index is 2.33. The molecule has 0 unspecified atom stereocenters. The van der Waals surface area contributed by atoms with Gasteiger partial charge in [0.1, 0.15) is 0 Å². The molecule has 0 aromatic heterocycles. The average Bonchev–Trinajstić information content (AvgIpc) is 2.09. The second-order valence-corrected chi connectivity index (χ2v) is 3.55. The van der Waals surface area contributed by atoms with E-state index in [1.54, 1.807) is 5.57 Å². The van der Waals surface area contributed by atoms with E-state index in [4.69, 9.17) is 0 Å². The predicted octanol–water partition coefficient (Wildman–Crippen LogP) is 4.54. The summed E-state index contributed by atoms with van der Waals surface area (Å²) in [7, 11) is 0. The van der Waals surface area contributed by atoms with Gasteiger partial charge in [0.15, 0.2) is 0 Å². The van der Waals surface area contributed by atoms with Crippen LogP contribution < -0.4 is 0 Å². The first-order chi connectivity index (χ1) is 5.38. The molecule has 1 rings (SSSR count). The third-order valence-corrected chi connectivity index (χ3v) is 2.91. The van der Waals surface area contributed by atoms with Gasteiger partial charge in [0.25, 0.3) is 0 Å². The zero-order chi connectivity index (χ0) is 8.10. The lowest BCUT2D eigenvalue weighted by Gasteiger charge is -2.23. The third kappa shape index (κ3) is 3.46. The van der Waals surface area contributed by atoms with Crippen molar-refractivity contribution < 1.29 is 0 Å². The Kier molecular flexibility index (Phi) is 7.20. The van der Waals surface area contributed by atoms with Gasteiger partial charge in [-0.05, 0) is 32.1 Å². The zero-order valence-electron chi connectivity index (χ0n) is 8.31. The van der Waals surface area contributed by atoms with E-state index in [1.165, 1.54) is 38.5 Å². The molecule has 0 saturated heterocycles. The fourth-order valence-corrected chi connectivity index (χ4v) is 2.20. The lowest BCUT2D eigenvalue weighted by atomic mass is 9.83. The van der Waals surface area contributed by atoms with Crippen LogP contribution in [0, 0.1) is 5.92 Å². The number of halogens is 1. The molecule has 0 aromatic carbocycles. The largest absolute Gasteiger partial charge is 0.107 e. The lowest BCUT2D eigenvalue weighted by molar-refractivity contribution is 0.396. The highest BCUT2D eigenvalue weighted by Crippen LogP contribution is 2.30. The van der Waals surface area contributed by atoms with Gasteiger partial charge in [0.2, 0.25) is 0 Å². The molecule has 0 nitrogen and oxygen atoms in total. The Morgan fingerprint density at radius 3 is 2.25 bits per heavy atom. The summed E-state index contributed by atoms with van der Waals surface area (Å²) in [6.07, 6.45) is 10.9. The fraction of sp³-hybridized carbons (Fsp3) is 0.818. The van der Waals surface area contributed by atoms with Crippen molar-refractivity contribution in [1.82, 2.24) is 0 Å². The minimum atomic E-state index is 0. The first kappa shape index (κ1) is 12.5.